The standard InChI is InChI=1S/C11H18ClN3OS/c12-7-3-1-2-4-8-17-11-14-13-10(16)15(11)9-5-6-9/h9H,1-8H2,(H,13,16). The van der Waals surface area contributed by atoms with Crippen LogP contribution in [0.15, 0.2) is 9.95 Å². The van der Waals surface area contributed by atoms with Crippen molar-refractivity contribution in [2.75, 3.05) is 11.6 Å². The van der Waals surface area contributed by atoms with Crippen LogP contribution >= 0.6 is 23.4 Å². The third-order valence-corrected chi connectivity index (χ3v) is 4.15. The molecule has 0 radical (unpaired) electrons. The van der Waals surface area contributed by atoms with E-state index in [1.165, 1.54) is 12.8 Å². The summed E-state index contributed by atoms with van der Waals surface area (Å²) in [5.74, 6) is 1.78. The highest BCUT2D eigenvalue weighted by Gasteiger charge is 2.28. The van der Waals surface area contributed by atoms with Gasteiger partial charge in [-0.3, -0.25) is 4.57 Å². The Hall–Kier alpha value is -0.420. The van der Waals surface area contributed by atoms with E-state index < -0.39 is 0 Å². The number of nitrogens with zero attached hydrogens (tertiary/aromatic N) is 2. The molecule has 1 aromatic rings. The zero-order valence-corrected chi connectivity index (χ0v) is 11.4. The summed E-state index contributed by atoms with van der Waals surface area (Å²) in [6.07, 6.45) is 6.89. The number of aromatic nitrogens is 3. The van der Waals surface area contributed by atoms with Crippen LogP contribution in [0.2, 0.25) is 0 Å². The van der Waals surface area contributed by atoms with Gasteiger partial charge in [0, 0.05) is 17.7 Å². The normalized spacial score (nSPS) is 15.4. The Morgan fingerprint density at radius 1 is 1.35 bits per heavy atom. The highest BCUT2D eigenvalue weighted by molar-refractivity contribution is 7.99. The predicted octanol–water partition coefficient (Wildman–Crippen LogP) is 2.80. The monoisotopic (exact) mass is 275 g/mol. The van der Waals surface area contributed by atoms with Crippen LogP contribution in [0.5, 0.6) is 0 Å². The number of aromatic amines is 1. The third-order valence-electron chi connectivity index (χ3n) is 2.84. The third kappa shape index (κ3) is 3.78. The van der Waals surface area contributed by atoms with Gasteiger partial charge in [0.25, 0.3) is 0 Å². The fourth-order valence-electron chi connectivity index (χ4n) is 1.76. The van der Waals surface area contributed by atoms with Crippen LogP contribution in [0.4, 0.5) is 0 Å². The molecule has 0 bridgehead atoms. The van der Waals surface area contributed by atoms with Gasteiger partial charge >= 0.3 is 5.69 Å². The lowest BCUT2D eigenvalue weighted by molar-refractivity contribution is 0.641. The van der Waals surface area contributed by atoms with Crippen molar-refractivity contribution in [1.82, 2.24) is 14.8 Å². The number of hydrogen-bond donors (Lipinski definition) is 1. The molecule has 1 heterocycles. The summed E-state index contributed by atoms with van der Waals surface area (Å²) >= 11 is 7.30. The van der Waals surface area contributed by atoms with E-state index in [1.807, 2.05) is 4.57 Å². The maximum absolute atomic E-state index is 11.5. The second kappa shape index (κ2) is 6.50. The number of halogens is 1. The van der Waals surface area contributed by atoms with Crippen LogP contribution in [0.3, 0.4) is 0 Å². The van der Waals surface area contributed by atoms with Crippen LogP contribution < -0.4 is 5.69 Å². The lowest BCUT2D eigenvalue weighted by Crippen LogP contribution is -2.16. The Kier molecular flexibility index (Phi) is 4.98. The van der Waals surface area contributed by atoms with Crippen LogP contribution in [0.1, 0.15) is 44.6 Å². The molecule has 0 spiro atoms. The van der Waals surface area contributed by atoms with Gasteiger partial charge in [0.15, 0.2) is 5.16 Å². The second-order valence-corrected chi connectivity index (χ2v) is 5.80. The first-order valence-electron chi connectivity index (χ1n) is 6.18. The van der Waals surface area contributed by atoms with Gasteiger partial charge in [0.2, 0.25) is 0 Å². The average molecular weight is 276 g/mol. The number of nitrogens with one attached hydrogen (secondary N) is 1. The van der Waals surface area contributed by atoms with E-state index in [0.29, 0.717) is 6.04 Å². The quantitative estimate of drug-likeness (QED) is 0.451. The summed E-state index contributed by atoms with van der Waals surface area (Å²) in [6, 6.07) is 0.403. The van der Waals surface area contributed by atoms with Crippen LogP contribution in [0.25, 0.3) is 0 Å². The van der Waals surface area contributed by atoms with E-state index >= 15 is 0 Å². The molecule has 0 aliphatic heterocycles. The molecule has 1 aliphatic carbocycles. The largest absolute Gasteiger partial charge is 0.344 e. The molecule has 0 saturated heterocycles. The lowest BCUT2D eigenvalue weighted by Gasteiger charge is -2.03. The summed E-state index contributed by atoms with van der Waals surface area (Å²) in [7, 11) is 0. The van der Waals surface area contributed by atoms with Gasteiger partial charge in [-0.15, -0.1) is 16.7 Å². The molecule has 1 N–H and O–H groups in total. The number of H-pyrrole nitrogens is 1. The molecule has 1 fully saturated rings. The highest BCUT2D eigenvalue weighted by Crippen LogP contribution is 2.36. The first-order chi connectivity index (χ1) is 8.33. The molecule has 4 nitrogen and oxygen atoms in total. The Morgan fingerprint density at radius 2 is 2.12 bits per heavy atom. The molecular weight excluding hydrogens is 258 g/mol. The summed E-state index contributed by atoms with van der Waals surface area (Å²) in [5, 5.41) is 7.47. The number of alkyl halides is 1. The number of unbranched alkanes of at least 4 members (excludes halogenated alkanes) is 3. The lowest BCUT2D eigenvalue weighted by atomic mass is 10.2. The zero-order valence-electron chi connectivity index (χ0n) is 9.82. The van der Waals surface area contributed by atoms with E-state index in [1.54, 1.807) is 11.8 Å². The van der Waals surface area contributed by atoms with Crippen molar-refractivity contribution in [2.24, 2.45) is 0 Å². The van der Waals surface area contributed by atoms with Crippen molar-refractivity contribution >= 4 is 23.4 Å². The molecule has 2 rings (SSSR count). The van der Waals surface area contributed by atoms with Crippen LogP contribution in [-0.4, -0.2) is 26.4 Å². The minimum absolute atomic E-state index is 0.0582. The average Bonchev–Trinajstić information content (AvgIpc) is 3.09. The minimum Gasteiger partial charge on any atom is -0.267 e. The Bertz CT molecular complexity index is 400. The maximum atomic E-state index is 11.5. The summed E-state index contributed by atoms with van der Waals surface area (Å²) in [4.78, 5) is 11.5. The Morgan fingerprint density at radius 3 is 2.82 bits per heavy atom. The van der Waals surface area contributed by atoms with Crippen molar-refractivity contribution in [3.63, 3.8) is 0 Å². The van der Waals surface area contributed by atoms with E-state index in [2.05, 4.69) is 10.2 Å². The predicted molar refractivity (Wildman–Crippen MR) is 71.0 cm³/mol. The Labute approximate surface area is 110 Å². The van der Waals surface area contributed by atoms with Gasteiger partial charge in [-0.25, -0.2) is 9.89 Å². The SMILES string of the molecule is O=c1[nH]nc(SCCCCCCCl)n1C1CC1. The van der Waals surface area contributed by atoms with E-state index in [9.17, 15) is 4.79 Å². The molecule has 6 heteroatoms. The van der Waals surface area contributed by atoms with Gasteiger partial charge in [0.05, 0.1) is 0 Å². The summed E-state index contributed by atoms with van der Waals surface area (Å²) in [5.41, 5.74) is -0.0582. The van der Waals surface area contributed by atoms with Gasteiger partial charge in [-0.1, -0.05) is 24.6 Å². The maximum Gasteiger partial charge on any atom is 0.344 e. The molecule has 0 unspecified atom stereocenters. The molecule has 0 amide bonds. The second-order valence-electron chi connectivity index (χ2n) is 4.36. The first kappa shape index (κ1) is 13.0. The first-order valence-corrected chi connectivity index (χ1v) is 7.70. The molecule has 1 saturated carbocycles. The molecular formula is C11H18ClN3OS. The van der Waals surface area contributed by atoms with Crippen LogP contribution in [-0.2, 0) is 0 Å². The highest BCUT2D eigenvalue weighted by atomic mass is 35.5. The van der Waals surface area contributed by atoms with Crippen LogP contribution in [0, 0.1) is 0 Å². The molecule has 17 heavy (non-hydrogen) atoms. The van der Waals surface area contributed by atoms with Crippen molar-refractivity contribution in [1.29, 1.82) is 0 Å². The molecule has 0 aromatic carbocycles. The topological polar surface area (TPSA) is 50.7 Å². The van der Waals surface area contributed by atoms with Gasteiger partial charge in [0.1, 0.15) is 0 Å². The molecule has 1 aromatic heterocycles. The summed E-state index contributed by atoms with van der Waals surface area (Å²) < 4.78 is 1.81. The minimum atomic E-state index is -0.0582. The van der Waals surface area contributed by atoms with E-state index in [-0.39, 0.29) is 5.69 Å². The number of hydrogen-bond acceptors (Lipinski definition) is 3. The molecule has 96 valence electrons. The van der Waals surface area contributed by atoms with Crippen molar-refractivity contribution < 1.29 is 0 Å². The van der Waals surface area contributed by atoms with Crippen molar-refractivity contribution in [3.05, 3.63) is 10.5 Å². The van der Waals surface area contributed by atoms with Gasteiger partial charge < -0.3 is 0 Å². The van der Waals surface area contributed by atoms with Crippen molar-refractivity contribution in [2.45, 2.75) is 49.7 Å². The van der Waals surface area contributed by atoms with Gasteiger partial charge in [-0.05, 0) is 25.7 Å². The van der Waals surface area contributed by atoms with Gasteiger partial charge in [-0.2, -0.15) is 0 Å². The molecule has 1 aliphatic rings. The van der Waals surface area contributed by atoms with E-state index in [0.717, 1.165) is 42.5 Å². The smallest absolute Gasteiger partial charge is 0.267 e. The zero-order chi connectivity index (χ0) is 12.1. The Balaban J connectivity index is 1.73. The fraction of sp³-hybridized carbons (Fsp3) is 0.818. The number of thioether (sulfide) groups is 1. The van der Waals surface area contributed by atoms with E-state index in [4.69, 9.17) is 11.6 Å². The fourth-order valence-corrected chi connectivity index (χ4v) is 2.96. The summed E-state index contributed by atoms with van der Waals surface area (Å²) in [6.45, 7) is 0. The van der Waals surface area contributed by atoms with Crippen molar-refractivity contribution in [3.8, 4) is 0 Å². The molecule has 0 atom stereocenters. The number of rotatable bonds is 8.